The number of anilines is 4. The van der Waals surface area contributed by atoms with Crippen molar-refractivity contribution in [3.63, 3.8) is 0 Å². The Morgan fingerprint density at radius 1 is 0.477 bits per heavy atom. The van der Waals surface area contributed by atoms with Gasteiger partial charge in [0.2, 0.25) is 23.6 Å². The Morgan fingerprint density at radius 2 is 0.766 bits per heavy atom. The number of aromatic amines is 4. The normalized spacial score (nSPS) is 17.0. The van der Waals surface area contributed by atoms with Gasteiger partial charge in [0.15, 0.2) is 20.4 Å². The zero-order valence-electron chi connectivity index (χ0n) is 60.7. The number of nitrogens with one attached hydrogen (secondary N) is 8. The minimum atomic E-state index is -0.549. The molecule has 12 heterocycles. The number of methoxy groups -OCH3 is 1. The highest BCUT2D eigenvalue weighted by atomic mass is 16.7. The summed E-state index contributed by atoms with van der Waals surface area (Å²) < 4.78 is 35.8. The monoisotopic (exact) mass is 1470 g/mol. The maximum atomic E-state index is 12.6. The summed E-state index contributed by atoms with van der Waals surface area (Å²) in [6, 6.07) is 7.45. The molecule has 4 aliphatic heterocycles. The average molecular weight is 1480 g/mol. The van der Waals surface area contributed by atoms with Gasteiger partial charge in [0.25, 0.3) is 0 Å². The maximum Gasteiger partial charge on any atom is 0.343 e. The molecule has 0 spiro atoms. The number of aliphatic hydroxyl groups excluding tert-OH is 1. The molecular formula is C75H94N16O16. The lowest BCUT2D eigenvalue weighted by molar-refractivity contribution is -0.127. The molecule has 4 aliphatic rings. The molecule has 8 aromatic heterocycles. The number of ether oxygens (including phenoxy) is 7. The number of rotatable bonds is 26. The average Bonchev–Trinajstić information content (AvgIpc) is 1.75. The quantitative estimate of drug-likeness (QED) is 0.00810. The third-order valence-electron chi connectivity index (χ3n) is 18.0. The third kappa shape index (κ3) is 21.2. The van der Waals surface area contributed by atoms with E-state index >= 15 is 0 Å². The van der Waals surface area contributed by atoms with Gasteiger partial charge in [0.05, 0.1) is 35.5 Å². The van der Waals surface area contributed by atoms with E-state index in [9.17, 15) is 38.4 Å². The molecule has 0 saturated carbocycles. The number of aliphatic hydroxyl groups is 1. The summed E-state index contributed by atoms with van der Waals surface area (Å²) in [6.45, 7) is 24.6. The zero-order valence-corrected chi connectivity index (χ0v) is 60.7. The summed E-state index contributed by atoms with van der Waals surface area (Å²) in [6.07, 6.45) is 25.3. The van der Waals surface area contributed by atoms with E-state index in [2.05, 4.69) is 87.5 Å². The van der Waals surface area contributed by atoms with Crippen molar-refractivity contribution in [2.75, 3.05) is 121 Å². The fourth-order valence-corrected chi connectivity index (χ4v) is 12.8. The van der Waals surface area contributed by atoms with E-state index in [0.29, 0.717) is 127 Å². The molecule has 32 nitrogen and oxygen atoms in total. The third-order valence-corrected chi connectivity index (χ3v) is 18.0. The number of carbonyl (C=O) groups excluding carboxylic acids is 8. The number of pyridine rings is 4. The Hall–Kier alpha value is -11.5. The fourth-order valence-electron chi connectivity index (χ4n) is 12.8. The van der Waals surface area contributed by atoms with Crippen molar-refractivity contribution in [2.45, 2.75) is 102 Å². The van der Waals surface area contributed by atoms with Crippen LogP contribution in [-0.4, -0.2) is 242 Å². The molecule has 4 fully saturated rings. The van der Waals surface area contributed by atoms with Crippen LogP contribution in [0.3, 0.4) is 0 Å². The minimum absolute atomic E-state index is 0.00228. The highest BCUT2D eigenvalue weighted by Gasteiger charge is 2.31. The number of H-pyrrole nitrogens is 4. The summed E-state index contributed by atoms with van der Waals surface area (Å²) in [7, 11) is 1.45. The molecule has 0 aliphatic carbocycles. The van der Waals surface area contributed by atoms with Gasteiger partial charge in [-0.2, -0.15) is 0 Å². The van der Waals surface area contributed by atoms with Crippen molar-refractivity contribution >= 4 is 114 Å². The van der Waals surface area contributed by atoms with Gasteiger partial charge in [-0.25, -0.2) is 39.1 Å². The second-order valence-electron chi connectivity index (χ2n) is 25.5. The minimum Gasteiger partial charge on any atom is -0.460 e. The fraction of sp³-hybridized carbons (Fsp3) is 0.413. The van der Waals surface area contributed by atoms with Gasteiger partial charge in [-0.1, -0.05) is 26.3 Å². The predicted molar refractivity (Wildman–Crippen MR) is 401 cm³/mol. The summed E-state index contributed by atoms with van der Waals surface area (Å²) >= 11 is 0. The largest absolute Gasteiger partial charge is 0.460 e. The van der Waals surface area contributed by atoms with Crippen molar-refractivity contribution in [1.82, 2.24) is 59.5 Å². The van der Waals surface area contributed by atoms with Gasteiger partial charge >= 0.3 is 23.9 Å². The molecule has 12 rings (SSSR count). The zero-order chi connectivity index (χ0) is 76.4. The predicted octanol–water partition coefficient (Wildman–Crippen LogP) is 8.21. The lowest BCUT2D eigenvalue weighted by Gasteiger charge is -2.33. The molecule has 8 aromatic rings. The lowest BCUT2D eigenvalue weighted by Crippen LogP contribution is -2.44. The van der Waals surface area contributed by atoms with Crippen LogP contribution in [0.5, 0.6) is 0 Å². The SMILES string of the molecule is C=CC(=O)N1CCC[C@@H](Nc2c(C(=O)OCCO)cnc3[nH]ccc23)C1.C=CC(=O)N1CCC[C@@H](Nc2c(C(=O)OCOC(C)C)cnc3[nH]ccc23)C1.C=CC(=O)N1CCC[C@@H](Nc2c(C(=O)OCOC)cnc3[nH]ccc23)C1.C=CC(=O)N1CCC[C@@H](Nc2c(C(=O)OCOCC)cnc3[nH]ccc23)C1. The molecule has 0 radical (unpaired) electrons. The van der Waals surface area contributed by atoms with Crippen LogP contribution in [0.25, 0.3) is 44.1 Å². The highest BCUT2D eigenvalue weighted by molar-refractivity contribution is 6.07. The first-order chi connectivity index (χ1) is 51.9. The molecule has 0 bridgehead atoms. The van der Waals surface area contributed by atoms with E-state index < -0.39 is 23.9 Å². The molecule has 0 unspecified atom stereocenters. The molecule has 4 saturated heterocycles. The molecule has 32 heteroatoms. The van der Waals surface area contributed by atoms with Gasteiger partial charge in [0.1, 0.15) is 51.4 Å². The summed E-state index contributed by atoms with van der Waals surface area (Å²) in [4.78, 5) is 134. The van der Waals surface area contributed by atoms with Crippen LogP contribution >= 0.6 is 0 Å². The van der Waals surface area contributed by atoms with E-state index in [1.54, 1.807) is 44.4 Å². The number of carbonyl (C=O) groups is 8. The smallest absolute Gasteiger partial charge is 0.343 e. The number of amides is 4. The Labute approximate surface area is 618 Å². The van der Waals surface area contributed by atoms with Crippen LogP contribution in [0, 0.1) is 0 Å². The number of likely N-dealkylation sites (tertiary alicyclic amines) is 4. The maximum absolute atomic E-state index is 12.6. The molecular weight excluding hydrogens is 1380 g/mol. The molecule has 4 amide bonds. The first-order valence-corrected chi connectivity index (χ1v) is 35.4. The number of hydrogen-bond acceptors (Lipinski definition) is 24. The van der Waals surface area contributed by atoms with Crippen molar-refractivity contribution in [1.29, 1.82) is 0 Å². The van der Waals surface area contributed by atoms with E-state index in [-0.39, 0.29) is 87.5 Å². The second-order valence-corrected chi connectivity index (χ2v) is 25.5. The van der Waals surface area contributed by atoms with E-state index in [1.807, 2.05) is 45.0 Å². The first kappa shape index (κ1) is 79.6. The van der Waals surface area contributed by atoms with Gasteiger partial charge < -0.3 is 99.1 Å². The number of aromatic nitrogens is 8. The van der Waals surface area contributed by atoms with E-state index in [4.69, 9.17) is 38.3 Å². The van der Waals surface area contributed by atoms with Crippen LogP contribution in [0.4, 0.5) is 22.7 Å². The van der Waals surface area contributed by atoms with Crippen LogP contribution in [0.1, 0.15) is 114 Å². The summed E-state index contributed by atoms with van der Waals surface area (Å²) in [5.74, 6) is -2.42. The van der Waals surface area contributed by atoms with Crippen molar-refractivity contribution in [2.24, 2.45) is 0 Å². The topological polar surface area (TPSA) is 397 Å². The van der Waals surface area contributed by atoms with Crippen LogP contribution in [0.2, 0.25) is 0 Å². The molecule has 570 valence electrons. The number of hydrogen-bond donors (Lipinski definition) is 9. The number of esters is 4. The Balaban J connectivity index is 0.000000165. The summed E-state index contributed by atoms with van der Waals surface area (Å²) in [5, 5.41) is 25.7. The van der Waals surface area contributed by atoms with Crippen LogP contribution in [0.15, 0.2) is 124 Å². The Morgan fingerprint density at radius 3 is 1.04 bits per heavy atom. The molecule has 4 atom stereocenters. The second kappa shape index (κ2) is 39.6. The highest BCUT2D eigenvalue weighted by Crippen LogP contribution is 2.33. The van der Waals surface area contributed by atoms with Crippen molar-refractivity contribution in [3.8, 4) is 0 Å². The van der Waals surface area contributed by atoms with Gasteiger partial charge in [-0.15, -0.1) is 0 Å². The molecule has 9 N–H and O–H groups in total. The van der Waals surface area contributed by atoms with E-state index in [1.165, 1.54) is 56.2 Å². The number of fused-ring (bicyclic) bond motifs is 4. The Bertz CT molecular complexity index is 4290. The number of piperidine rings is 4. The first-order valence-electron chi connectivity index (χ1n) is 35.4. The molecule has 0 aromatic carbocycles. The lowest BCUT2D eigenvalue weighted by atomic mass is 10.0. The van der Waals surface area contributed by atoms with Crippen molar-refractivity contribution in [3.05, 3.63) is 147 Å². The van der Waals surface area contributed by atoms with Crippen LogP contribution in [-0.2, 0) is 52.3 Å². The molecule has 107 heavy (non-hydrogen) atoms. The van der Waals surface area contributed by atoms with E-state index in [0.717, 1.165) is 72.9 Å². The van der Waals surface area contributed by atoms with Crippen LogP contribution < -0.4 is 21.3 Å². The van der Waals surface area contributed by atoms with Gasteiger partial charge in [-0.3, -0.25) is 19.2 Å². The summed E-state index contributed by atoms with van der Waals surface area (Å²) in [5.41, 5.74) is 6.57. The van der Waals surface area contributed by atoms with Gasteiger partial charge in [-0.05, 0) is 121 Å². The standard InChI is InChI=1S/C20H26N4O4.C19H24N4O4.2C18H22N4O4/c1-4-17(25)24-9-5-6-14(11-24)23-18-15-7-8-21-19(15)22-10-16(18)20(26)28-12-27-13(2)3;1-3-16(24)23-9-5-6-13(11-23)22-17-14-7-8-20-18(14)21-10-15(17)19(25)27-12-26-4-2;1-3-15(23)22-8-4-5-12(10-22)21-16-13-6-7-19-17(13)20-9-14(16)18(24)26-11-25-2;1-2-15(24)22-7-3-4-12(11-22)21-16-13-5-6-19-17(13)20-10-14(16)18(25)26-9-8-23/h4,7-8,10,13-14H,1,5-6,9,11-12H2,2-3H3,(H2,21,22,23);3,7-8,10,13H,1,4-6,9,11-12H2,2H3,(H2,20,21,22);3,6-7,9,12H,1,4-5,8,10-11H2,2H3,(H2,19,20,21);2,5-6,10,12,23H,1,3-4,7-9,11H2,(H2,19,20,21)/t14-;13-;2*12-/m1111/s1. The van der Waals surface area contributed by atoms with Gasteiger partial charge in [0, 0.05) is 161 Å². The Kier molecular flexibility index (Phi) is 29.5. The number of nitrogens with zero attached hydrogens (tertiary/aromatic N) is 8. The van der Waals surface area contributed by atoms with Crippen molar-refractivity contribution < 1.29 is 76.6 Å².